The van der Waals surface area contributed by atoms with E-state index in [0.29, 0.717) is 11.5 Å². The van der Waals surface area contributed by atoms with Crippen LogP contribution < -0.4 is 5.32 Å². The molecule has 0 atom stereocenters. The molecule has 0 radical (unpaired) electrons. The first-order chi connectivity index (χ1) is 7.14. The SMILES string of the molecule is CCCNCCCN1CCS(=O)(=O)CC1. The molecule has 0 aromatic heterocycles. The first kappa shape index (κ1) is 12.9. The van der Waals surface area contributed by atoms with Gasteiger partial charge in [0.2, 0.25) is 0 Å². The monoisotopic (exact) mass is 234 g/mol. The van der Waals surface area contributed by atoms with Crippen LogP contribution in [0.5, 0.6) is 0 Å². The van der Waals surface area contributed by atoms with Crippen molar-refractivity contribution in [2.45, 2.75) is 19.8 Å². The summed E-state index contributed by atoms with van der Waals surface area (Å²) in [6.07, 6.45) is 2.28. The second-order valence-electron chi connectivity index (χ2n) is 4.10. The molecule has 90 valence electrons. The van der Waals surface area contributed by atoms with Crippen LogP contribution in [0.2, 0.25) is 0 Å². The highest BCUT2D eigenvalue weighted by molar-refractivity contribution is 7.91. The van der Waals surface area contributed by atoms with E-state index in [4.69, 9.17) is 0 Å². The topological polar surface area (TPSA) is 49.4 Å². The standard InChI is InChI=1S/C10H22N2O2S/c1-2-4-11-5-3-6-12-7-9-15(13,14)10-8-12/h11H,2-10H2,1H3. The Labute approximate surface area is 93.0 Å². The molecule has 1 rings (SSSR count). The zero-order chi connectivity index (χ0) is 11.1. The molecule has 0 unspecified atom stereocenters. The number of hydrogen-bond donors (Lipinski definition) is 1. The minimum atomic E-state index is -2.71. The van der Waals surface area contributed by atoms with Crippen molar-refractivity contribution in [3.05, 3.63) is 0 Å². The molecule has 4 nitrogen and oxygen atoms in total. The minimum absolute atomic E-state index is 0.343. The summed E-state index contributed by atoms with van der Waals surface area (Å²) in [6.45, 7) is 6.73. The molecule has 0 amide bonds. The van der Waals surface area contributed by atoms with Gasteiger partial charge in [0, 0.05) is 13.1 Å². The summed E-state index contributed by atoms with van der Waals surface area (Å²) in [6, 6.07) is 0. The Kier molecular flexibility index (Phi) is 5.56. The number of hydrogen-bond acceptors (Lipinski definition) is 4. The van der Waals surface area contributed by atoms with Crippen LogP contribution in [0, 0.1) is 0 Å². The van der Waals surface area contributed by atoms with Gasteiger partial charge in [-0.1, -0.05) is 6.92 Å². The lowest BCUT2D eigenvalue weighted by atomic mass is 10.3. The Balaban J connectivity index is 2.04. The van der Waals surface area contributed by atoms with Gasteiger partial charge in [-0.15, -0.1) is 0 Å². The van der Waals surface area contributed by atoms with Crippen LogP contribution in [0.1, 0.15) is 19.8 Å². The molecule has 1 aliphatic rings. The van der Waals surface area contributed by atoms with Crippen LogP contribution in [0.4, 0.5) is 0 Å². The van der Waals surface area contributed by atoms with Crippen LogP contribution in [0.25, 0.3) is 0 Å². The molecule has 0 aromatic rings. The first-order valence-electron chi connectivity index (χ1n) is 5.77. The molecule has 1 fully saturated rings. The maximum absolute atomic E-state index is 11.2. The molecule has 0 saturated carbocycles. The molecule has 1 saturated heterocycles. The van der Waals surface area contributed by atoms with Gasteiger partial charge in [0.05, 0.1) is 11.5 Å². The highest BCUT2D eigenvalue weighted by atomic mass is 32.2. The maximum atomic E-state index is 11.2. The van der Waals surface area contributed by atoms with E-state index >= 15 is 0 Å². The van der Waals surface area contributed by atoms with Gasteiger partial charge < -0.3 is 10.2 Å². The van der Waals surface area contributed by atoms with E-state index in [1.807, 2.05) is 0 Å². The van der Waals surface area contributed by atoms with Crippen LogP contribution in [-0.4, -0.2) is 57.5 Å². The van der Waals surface area contributed by atoms with Gasteiger partial charge in [0.1, 0.15) is 0 Å². The fourth-order valence-electron chi connectivity index (χ4n) is 1.70. The second kappa shape index (κ2) is 6.45. The quantitative estimate of drug-likeness (QED) is 0.663. The van der Waals surface area contributed by atoms with Crippen molar-refractivity contribution in [1.29, 1.82) is 0 Å². The Morgan fingerprint density at radius 2 is 1.87 bits per heavy atom. The van der Waals surface area contributed by atoms with Crippen molar-refractivity contribution in [1.82, 2.24) is 10.2 Å². The van der Waals surface area contributed by atoms with Gasteiger partial charge >= 0.3 is 0 Å². The van der Waals surface area contributed by atoms with Crippen LogP contribution in [0.3, 0.4) is 0 Å². The van der Waals surface area contributed by atoms with E-state index in [-0.39, 0.29) is 0 Å². The van der Waals surface area contributed by atoms with Crippen molar-refractivity contribution in [2.24, 2.45) is 0 Å². The molecule has 15 heavy (non-hydrogen) atoms. The van der Waals surface area contributed by atoms with Gasteiger partial charge in [0.15, 0.2) is 9.84 Å². The van der Waals surface area contributed by atoms with Gasteiger partial charge in [-0.3, -0.25) is 0 Å². The summed E-state index contributed by atoms with van der Waals surface area (Å²) in [7, 11) is -2.71. The van der Waals surface area contributed by atoms with Crippen molar-refractivity contribution < 1.29 is 8.42 Å². The number of sulfone groups is 1. The van der Waals surface area contributed by atoms with Crippen molar-refractivity contribution in [2.75, 3.05) is 44.2 Å². The average Bonchev–Trinajstić information content (AvgIpc) is 2.20. The molecule has 1 heterocycles. The normalized spacial score (nSPS) is 21.7. The number of nitrogens with one attached hydrogen (secondary N) is 1. The maximum Gasteiger partial charge on any atom is 0.152 e. The zero-order valence-electron chi connectivity index (χ0n) is 9.54. The van der Waals surface area contributed by atoms with Crippen LogP contribution in [-0.2, 0) is 9.84 Å². The van der Waals surface area contributed by atoms with Crippen LogP contribution >= 0.6 is 0 Å². The molecule has 0 aromatic carbocycles. The third-order valence-electron chi connectivity index (χ3n) is 2.69. The van der Waals surface area contributed by atoms with Gasteiger partial charge in [0.25, 0.3) is 0 Å². The van der Waals surface area contributed by atoms with Crippen molar-refractivity contribution >= 4 is 9.84 Å². The highest BCUT2D eigenvalue weighted by Gasteiger charge is 2.20. The number of nitrogens with zero attached hydrogens (tertiary/aromatic N) is 1. The average molecular weight is 234 g/mol. The molecule has 1 N–H and O–H groups in total. The van der Waals surface area contributed by atoms with E-state index in [1.54, 1.807) is 0 Å². The summed E-state index contributed by atoms with van der Waals surface area (Å²) >= 11 is 0. The minimum Gasteiger partial charge on any atom is -0.317 e. The Morgan fingerprint density at radius 3 is 2.47 bits per heavy atom. The van der Waals surface area contributed by atoms with E-state index in [2.05, 4.69) is 17.1 Å². The third-order valence-corrected chi connectivity index (χ3v) is 4.30. The smallest absolute Gasteiger partial charge is 0.152 e. The highest BCUT2D eigenvalue weighted by Crippen LogP contribution is 2.03. The Morgan fingerprint density at radius 1 is 1.20 bits per heavy atom. The first-order valence-corrected chi connectivity index (χ1v) is 7.59. The predicted octanol–water partition coefficient (Wildman–Crippen LogP) is 0.107. The van der Waals surface area contributed by atoms with Crippen molar-refractivity contribution in [3.8, 4) is 0 Å². The fraction of sp³-hybridized carbons (Fsp3) is 1.00. The summed E-state index contributed by atoms with van der Waals surface area (Å²) < 4.78 is 22.3. The third kappa shape index (κ3) is 5.49. The van der Waals surface area contributed by atoms with E-state index in [9.17, 15) is 8.42 Å². The largest absolute Gasteiger partial charge is 0.317 e. The van der Waals surface area contributed by atoms with E-state index in [1.165, 1.54) is 6.42 Å². The Bertz CT molecular complexity index is 251. The lowest BCUT2D eigenvalue weighted by Gasteiger charge is -2.26. The molecule has 5 heteroatoms. The van der Waals surface area contributed by atoms with Crippen LogP contribution in [0.15, 0.2) is 0 Å². The zero-order valence-corrected chi connectivity index (χ0v) is 10.4. The predicted molar refractivity (Wildman–Crippen MR) is 62.9 cm³/mol. The lowest BCUT2D eigenvalue weighted by molar-refractivity contribution is 0.290. The molecule has 1 aliphatic heterocycles. The molecule has 0 bridgehead atoms. The van der Waals surface area contributed by atoms with E-state index in [0.717, 1.165) is 39.1 Å². The second-order valence-corrected chi connectivity index (χ2v) is 6.40. The van der Waals surface area contributed by atoms with Gasteiger partial charge in [-0.05, 0) is 32.5 Å². The lowest BCUT2D eigenvalue weighted by Crippen LogP contribution is -2.41. The van der Waals surface area contributed by atoms with E-state index < -0.39 is 9.84 Å². The Hall–Kier alpha value is -0.130. The van der Waals surface area contributed by atoms with Gasteiger partial charge in [-0.2, -0.15) is 0 Å². The van der Waals surface area contributed by atoms with Crippen molar-refractivity contribution in [3.63, 3.8) is 0 Å². The van der Waals surface area contributed by atoms with Gasteiger partial charge in [-0.25, -0.2) is 8.42 Å². The summed E-state index contributed by atoms with van der Waals surface area (Å²) in [5.74, 6) is 0.685. The molecule has 0 spiro atoms. The summed E-state index contributed by atoms with van der Waals surface area (Å²) in [5, 5.41) is 3.35. The number of rotatable bonds is 6. The molecular formula is C10H22N2O2S. The summed E-state index contributed by atoms with van der Waals surface area (Å²) in [4.78, 5) is 2.24. The fourth-order valence-corrected chi connectivity index (χ4v) is 2.98. The summed E-state index contributed by atoms with van der Waals surface area (Å²) in [5.41, 5.74) is 0. The molecule has 0 aliphatic carbocycles. The molecular weight excluding hydrogens is 212 g/mol.